The van der Waals surface area contributed by atoms with E-state index < -0.39 is 0 Å². The van der Waals surface area contributed by atoms with Crippen molar-refractivity contribution in [3.05, 3.63) is 118 Å². The summed E-state index contributed by atoms with van der Waals surface area (Å²) in [5.74, 6) is 0. The van der Waals surface area contributed by atoms with Crippen LogP contribution in [0.4, 0.5) is 0 Å². The van der Waals surface area contributed by atoms with Crippen LogP contribution < -0.4 is 0 Å². The molecule has 0 spiro atoms. The summed E-state index contributed by atoms with van der Waals surface area (Å²) < 4.78 is 7.76. The van der Waals surface area contributed by atoms with Crippen LogP contribution in [0.5, 0.6) is 0 Å². The molecule has 0 atom stereocenters. The van der Waals surface area contributed by atoms with Crippen molar-refractivity contribution >= 4 is 43.4 Å². The van der Waals surface area contributed by atoms with Crippen LogP contribution in [0.2, 0.25) is 0 Å². The zero-order valence-electron chi connectivity index (χ0n) is 26.3. The van der Waals surface area contributed by atoms with Gasteiger partial charge >= 0.3 is 0 Å². The van der Waals surface area contributed by atoms with Crippen LogP contribution in [0.3, 0.4) is 0 Å². The third kappa shape index (κ3) is 6.42. The maximum absolute atomic E-state index is 6.53. The molecule has 0 unspecified atom stereocenters. The number of aromatic nitrogens is 2. The first kappa shape index (κ1) is 31.8. The Morgan fingerprint density at radius 2 is 1.52 bits per heavy atom. The number of fused-ring (bicyclic) bond motifs is 5. The molecule has 0 fully saturated rings. The average Bonchev–Trinajstić information content (AvgIpc) is 3.51. The summed E-state index contributed by atoms with van der Waals surface area (Å²) in [6.45, 7) is 15.4. The van der Waals surface area contributed by atoms with E-state index in [0.29, 0.717) is 0 Å². The Balaban J connectivity index is 0.000000230. The molecule has 7 rings (SSSR count). The Bertz CT molecular complexity index is 2070. The van der Waals surface area contributed by atoms with Crippen LogP contribution in [0.25, 0.3) is 54.5 Å². The summed E-state index contributed by atoms with van der Waals surface area (Å²) in [5.41, 5.74) is 11.1. The summed E-state index contributed by atoms with van der Waals surface area (Å²) in [6, 6.07) is 29.2. The van der Waals surface area contributed by atoms with Crippen LogP contribution in [-0.2, 0) is 26.5 Å². The number of pyridine rings is 2. The molecule has 0 aliphatic rings. The van der Waals surface area contributed by atoms with Crippen molar-refractivity contribution in [1.29, 1.82) is 0 Å². The van der Waals surface area contributed by atoms with Gasteiger partial charge in [-0.05, 0) is 73.0 Å². The Hall–Kier alpha value is -3.63. The molecular formula is C39H36IrN2OS-2. The molecule has 0 N–H and O–H groups in total. The molecule has 4 heterocycles. The zero-order valence-corrected chi connectivity index (χ0v) is 29.5. The first-order chi connectivity index (χ1) is 20.6. The summed E-state index contributed by atoms with van der Waals surface area (Å²) in [6.07, 6.45) is 4.87. The molecule has 0 aliphatic carbocycles. The minimum atomic E-state index is 0. The maximum atomic E-state index is 6.53. The minimum Gasteiger partial charge on any atom is -0.499 e. The van der Waals surface area contributed by atoms with Gasteiger partial charge < -0.3 is 14.4 Å². The number of nitrogens with zero attached hydrogens (tertiary/aromatic N) is 2. The second-order valence-corrected chi connectivity index (χ2v) is 13.8. The Kier molecular flexibility index (Phi) is 9.22. The topological polar surface area (TPSA) is 38.9 Å². The second kappa shape index (κ2) is 12.8. The van der Waals surface area contributed by atoms with Gasteiger partial charge in [0.1, 0.15) is 5.58 Å². The van der Waals surface area contributed by atoms with Gasteiger partial charge in [0.15, 0.2) is 0 Å². The SMILES string of the molecule is Cc1ccc(-c2[c-]cccc2)nc1.Cc1cnc(-c2[c-]ccc3c2oc2c3ccc3c(C)c(C)sc32)cc1CC(C)(C)C.[Ir]. The third-order valence-corrected chi connectivity index (χ3v) is 9.05. The van der Waals surface area contributed by atoms with Gasteiger partial charge in [-0.15, -0.1) is 65.4 Å². The smallest absolute Gasteiger partial charge is 0.138 e. The van der Waals surface area contributed by atoms with Crippen LogP contribution in [0.15, 0.2) is 83.5 Å². The predicted molar refractivity (Wildman–Crippen MR) is 182 cm³/mol. The molecule has 44 heavy (non-hydrogen) atoms. The van der Waals surface area contributed by atoms with Crippen molar-refractivity contribution in [1.82, 2.24) is 9.97 Å². The average molecular weight is 773 g/mol. The van der Waals surface area contributed by atoms with Gasteiger partial charge in [0.05, 0.1) is 10.3 Å². The van der Waals surface area contributed by atoms with Crippen molar-refractivity contribution in [3.63, 3.8) is 0 Å². The standard InChI is InChI=1S/C27H26NOS.C12H10N.Ir/c1-15-14-28-23(12-18(15)13-27(4,5)6)22-9-7-8-20-21-11-10-19-16(2)17(3)30-26(19)25(21)29-24(20)22;1-10-7-8-12(13-9-10)11-5-3-2-4-6-11;/h7-8,10-12,14H,13H2,1-6H3;2-5,7-9H,1H3;/q2*-1;. The molecule has 4 aromatic heterocycles. The van der Waals surface area contributed by atoms with Crippen LogP contribution >= 0.6 is 11.3 Å². The van der Waals surface area contributed by atoms with Gasteiger partial charge in [-0.2, -0.15) is 0 Å². The quantitative estimate of drug-likeness (QED) is 0.168. The van der Waals surface area contributed by atoms with Crippen molar-refractivity contribution in [2.75, 3.05) is 0 Å². The number of furan rings is 1. The Labute approximate surface area is 277 Å². The molecule has 5 heteroatoms. The van der Waals surface area contributed by atoms with E-state index in [-0.39, 0.29) is 25.5 Å². The fourth-order valence-corrected chi connectivity index (χ4v) is 6.58. The van der Waals surface area contributed by atoms with E-state index >= 15 is 0 Å². The summed E-state index contributed by atoms with van der Waals surface area (Å²) in [5, 5.41) is 3.58. The van der Waals surface area contributed by atoms with Gasteiger partial charge in [0.25, 0.3) is 0 Å². The maximum Gasteiger partial charge on any atom is 0.138 e. The number of benzene rings is 3. The molecular weight excluding hydrogens is 737 g/mol. The largest absolute Gasteiger partial charge is 0.499 e. The van der Waals surface area contributed by atoms with E-state index in [2.05, 4.69) is 89.0 Å². The molecule has 1 radical (unpaired) electrons. The number of aryl methyl sites for hydroxylation is 4. The van der Waals surface area contributed by atoms with Crippen molar-refractivity contribution in [2.45, 2.75) is 54.9 Å². The monoisotopic (exact) mass is 773 g/mol. The van der Waals surface area contributed by atoms with Gasteiger partial charge in [-0.3, -0.25) is 0 Å². The number of hydrogen-bond donors (Lipinski definition) is 0. The van der Waals surface area contributed by atoms with E-state index in [1.165, 1.54) is 37.2 Å². The van der Waals surface area contributed by atoms with E-state index in [1.807, 2.05) is 67.1 Å². The molecule has 225 valence electrons. The first-order valence-corrected chi connectivity index (χ1v) is 15.5. The van der Waals surface area contributed by atoms with Gasteiger partial charge in [0.2, 0.25) is 0 Å². The fraction of sp³-hybridized carbons (Fsp3) is 0.231. The molecule has 0 aliphatic heterocycles. The second-order valence-electron chi connectivity index (χ2n) is 12.5. The van der Waals surface area contributed by atoms with Crippen LogP contribution in [-0.4, -0.2) is 9.97 Å². The van der Waals surface area contributed by atoms with Crippen LogP contribution in [0.1, 0.15) is 47.9 Å². The Morgan fingerprint density at radius 1 is 0.773 bits per heavy atom. The van der Waals surface area contributed by atoms with Gasteiger partial charge in [0, 0.05) is 42.8 Å². The van der Waals surface area contributed by atoms with E-state index in [0.717, 1.165) is 50.9 Å². The fourth-order valence-electron chi connectivity index (χ4n) is 5.43. The summed E-state index contributed by atoms with van der Waals surface area (Å²) in [7, 11) is 0. The molecule has 0 amide bonds. The molecule has 0 bridgehead atoms. The zero-order chi connectivity index (χ0) is 30.3. The molecule has 0 saturated carbocycles. The third-order valence-electron chi connectivity index (χ3n) is 7.83. The minimum absolute atomic E-state index is 0. The van der Waals surface area contributed by atoms with Crippen molar-refractivity contribution in [2.24, 2.45) is 5.41 Å². The van der Waals surface area contributed by atoms with Crippen molar-refractivity contribution < 1.29 is 24.5 Å². The Morgan fingerprint density at radius 3 is 2.23 bits per heavy atom. The molecule has 3 aromatic carbocycles. The predicted octanol–water partition coefficient (Wildman–Crippen LogP) is 11.0. The number of rotatable bonds is 3. The van der Waals surface area contributed by atoms with Crippen LogP contribution in [0, 0.1) is 45.2 Å². The van der Waals surface area contributed by atoms with E-state index in [4.69, 9.17) is 9.40 Å². The molecule has 0 saturated heterocycles. The summed E-state index contributed by atoms with van der Waals surface area (Å²) >= 11 is 1.82. The van der Waals surface area contributed by atoms with Gasteiger partial charge in [-0.1, -0.05) is 67.6 Å². The molecule has 3 nitrogen and oxygen atoms in total. The first-order valence-electron chi connectivity index (χ1n) is 14.7. The van der Waals surface area contributed by atoms with E-state index in [9.17, 15) is 0 Å². The normalized spacial score (nSPS) is 11.4. The number of thiophene rings is 1. The van der Waals surface area contributed by atoms with Crippen molar-refractivity contribution in [3.8, 4) is 22.5 Å². The van der Waals surface area contributed by atoms with E-state index in [1.54, 1.807) is 0 Å². The number of hydrogen-bond acceptors (Lipinski definition) is 4. The van der Waals surface area contributed by atoms with Gasteiger partial charge in [-0.25, -0.2) is 0 Å². The molecule has 7 aromatic rings. The summed E-state index contributed by atoms with van der Waals surface area (Å²) in [4.78, 5) is 10.4.